The number of hydrogen-bond donors (Lipinski definition) is 2. The van der Waals surface area contributed by atoms with Crippen LogP contribution in [0.15, 0.2) is 24.3 Å². The van der Waals surface area contributed by atoms with E-state index in [2.05, 4.69) is 5.32 Å². The Labute approximate surface area is 103 Å². The molecule has 1 fully saturated rings. The van der Waals surface area contributed by atoms with Gasteiger partial charge in [0, 0.05) is 37.5 Å². The highest BCUT2D eigenvalue weighted by Crippen LogP contribution is 2.23. The maximum atomic E-state index is 11.1. The van der Waals surface area contributed by atoms with Crippen molar-refractivity contribution in [3.05, 3.63) is 34.4 Å². The average molecular weight is 251 g/mol. The van der Waals surface area contributed by atoms with Gasteiger partial charge in [-0.05, 0) is 6.07 Å². The van der Waals surface area contributed by atoms with Crippen LogP contribution in [0.4, 0.5) is 11.4 Å². The summed E-state index contributed by atoms with van der Waals surface area (Å²) >= 11 is 0. The quantitative estimate of drug-likeness (QED) is 0.598. The lowest BCUT2D eigenvalue weighted by Crippen LogP contribution is -2.55. The number of nitrogens with one attached hydrogen (secondary N) is 1. The topological polar surface area (TPSA) is 95.7 Å². The molecule has 2 N–H and O–H groups in total. The smallest absolute Gasteiger partial charge is 0.327 e. The summed E-state index contributed by atoms with van der Waals surface area (Å²) in [6.07, 6.45) is 0. The maximum Gasteiger partial charge on any atom is 0.327 e. The van der Waals surface area contributed by atoms with Crippen molar-refractivity contribution in [2.75, 3.05) is 24.5 Å². The number of nitro benzene ring substituents is 1. The zero-order valence-corrected chi connectivity index (χ0v) is 9.57. The number of carboxylic acids is 1. The van der Waals surface area contributed by atoms with Crippen LogP contribution in [-0.4, -0.2) is 41.7 Å². The number of nitro groups is 1. The van der Waals surface area contributed by atoms with Crippen LogP contribution >= 0.6 is 0 Å². The minimum Gasteiger partial charge on any atom is -0.480 e. The number of non-ortho nitro benzene ring substituents is 1. The summed E-state index contributed by atoms with van der Waals surface area (Å²) in [7, 11) is 0. The number of piperazine rings is 1. The van der Waals surface area contributed by atoms with E-state index in [1.807, 2.05) is 0 Å². The second-order valence-corrected chi connectivity index (χ2v) is 4.03. The molecule has 1 heterocycles. The molecule has 1 atom stereocenters. The van der Waals surface area contributed by atoms with Crippen molar-refractivity contribution in [3.63, 3.8) is 0 Å². The molecule has 2 rings (SSSR count). The Balaban J connectivity index is 2.30. The molecule has 7 nitrogen and oxygen atoms in total. The molecule has 1 aliphatic heterocycles. The fourth-order valence-corrected chi connectivity index (χ4v) is 2.02. The summed E-state index contributed by atoms with van der Waals surface area (Å²) < 4.78 is 0. The SMILES string of the molecule is O=C(O)C1CNCCN1c1cccc([N+](=O)[O-])c1. The summed E-state index contributed by atoms with van der Waals surface area (Å²) in [5.41, 5.74) is 0.535. The third-order valence-electron chi connectivity index (χ3n) is 2.90. The van der Waals surface area contributed by atoms with Gasteiger partial charge in [0.2, 0.25) is 0 Å². The molecule has 1 aliphatic rings. The highest BCUT2D eigenvalue weighted by molar-refractivity contribution is 5.79. The maximum absolute atomic E-state index is 11.1. The number of carboxylic acid groups (broad SMARTS) is 1. The van der Waals surface area contributed by atoms with E-state index in [9.17, 15) is 14.9 Å². The van der Waals surface area contributed by atoms with Crippen LogP contribution in [-0.2, 0) is 4.79 Å². The van der Waals surface area contributed by atoms with E-state index in [1.54, 1.807) is 17.0 Å². The number of aliphatic carboxylic acids is 1. The third kappa shape index (κ3) is 2.40. The predicted octanol–water partition coefficient (Wildman–Crippen LogP) is 0.458. The number of anilines is 1. The van der Waals surface area contributed by atoms with Crippen LogP contribution in [0, 0.1) is 10.1 Å². The molecule has 0 bridgehead atoms. The monoisotopic (exact) mass is 251 g/mol. The van der Waals surface area contributed by atoms with Gasteiger partial charge in [-0.25, -0.2) is 4.79 Å². The molecular weight excluding hydrogens is 238 g/mol. The Morgan fingerprint density at radius 1 is 1.56 bits per heavy atom. The van der Waals surface area contributed by atoms with E-state index < -0.39 is 16.9 Å². The van der Waals surface area contributed by atoms with Gasteiger partial charge in [-0.3, -0.25) is 10.1 Å². The number of nitrogens with zero attached hydrogens (tertiary/aromatic N) is 2. The van der Waals surface area contributed by atoms with Crippen LogP contribution in [0.3, 0.4) is 0 Å². The first-order valence-corrected chi connectivity index (χ1v) is 5.54. The van der Waals surface area contributed by atoms with E-state index in [-0.39, 0.29) is 5.69 Å². The van der Waals surface area contributed by atoms with Crippen molar-refractivity contribution in [3.8, 4) is 0 Å². The number of carbonyl (C=O) groups is 1. The predicted molar refractivity (Wildman–Crippen MR) is 64.7 cm³/mol. The molecule has 1 aromatic carbocycles. The lowest BCUT2D eigenvalue weighted by Gasteiger charge is -2.35. The normalized spacial score (nSPS) is 19.6. The molecule has 0 saturated carbocycles. The van der Waals surface area contributed by atoms with Gasteiger partial charge in [0.15, 0.2) is 0 Å². The summed E-state index contributed by atoms with van der Waals surface area (Å²) in [6.45, 7) is 1.50. The average Bonchev–Trinajstić information content (AvgIpc) is 2.39. The highest BCUT2D eigenvalue weighted by Gasteiger charge is 2.29. The number of benzene rings is 1. The summed E-state index contributed by atoms with van der Waals surface area (Å²) in [5, 5.41) is 22.8. The van der Waals surface area contributed by atoms with E-state index >= 15 is 0 Å². The van der Waals surface area contributed by atoms with E-state index in [0.29, 0.717) is 25.3 Å². The van der Waals surface area contributed by atoms with Gasteiger partial charge in [-0.2, -0.15) is 0 Å². The molecule has 0 amide bonds. The highest BCUT2D eigenvalue weighted by atomic mass is 16.6. The zero-order valence-electron chi connectivity index (χ0n) is 9.57. The molecule has 1 saturated heterocycles. The molecule has 96 valence electrons. The molecule has 1 unspecified atom stereocenters. The molecule has 18 heavy (non-hydrogen) atoms. The van der Waals surface area contributed by atoms with Crippen LogP contribution in [0.2, 0.25) is 0 Å². The Morgan fingerprint density at radius 2 is 2.33 bits per heavy atom. The fourth-order valence-electron chi connectivity index (χ4n) is 2.02. The van der Waals surface area contributed by atoms with Crippen molar-refractivity contribution in [2.24, 2.45) is 0 Å². The molecule has 0 spiro atoms. The molecule has 0 radical (unpaired) electrons. The first kappa shape index (κ1) is 12.3. The van der Waals surface area contributed by atoms with E-state index in [4.69, 9.17) is 5.11 Å². The summed E-state index contributed by atoms with van der Waals surface area (Å²) in [6, 6.07) is 5.35. The van der Waals surface area contributed by atoms with Crippen molar-refractivity contribution >= 4 is 17.3 Å². The van der Waals surface area contributed by atoms with Crippen LogP contribution < -0.4 is 10.2 Å². The Kier molecular flexibility index (Phi) is 3.42. The second kappa shape index (κ2) is 5.01. The van der Waals surface area contributed by atoms with Crippen molar-refractivity contribution < 1.29 is 14.8 Å². The fraction of sp³-hybridized carbons (Fsp3) is 0.364. The van der Waals surface area contributed by atoms with E-state index in [0.717, 1.165) is 0 Å². The van der Waals surface area contributed by atoms with Crippen molar-refractivity contribution in [1.29, 1.82) is 0 Å². The largest absolute Gasteiger partial charge is 0.480 e. The summed E-state index contributed by atoms with van der Waals surface area (Å²) in [5.74, 6) is -0.936. The summed E-state index contributed by atoms with van der Waals surface area (Å²) in [4.78, 5) is 23.0. The van der Waals surface area contributed by atoms with Crippen molar-refractivity contribution in [2.45, 2.75) is 6.04 Å². The number of rotatable bonds is 3. The van der Waals surface area contributed by atoms with Crippen LogP contribution in [0.25, 0.3) is 0 Å². The second-order valence-electron chi connectivity index (χ2n) is 4.03. The van der Waals surface area contributed by atoms with Gasteiger partial charge < -0.3 is 15.3 Å². The van der Waals surface area contributed by atoms with Crippen LogP contribution in [0.5, 0.6) is 0 Å². The van der Waals surface area contributed by atoms with Gasteiger partial charge in [-0.15, -0.1) is 0 Å². The lowest BCUT2D eigenvalue weighted by atomic mass is 10.1. The van der Waals surface area contributed by atoms with Gasteiger partial charge >= 0.3 is 5.97 Å². The Hall–Kier alpha value is -2.15. The van der Waals surface area contributed by atoms with E-state index in [1.165, 1.54) is 12.1 Å². The van der Waals surface area contributed by atoms with Gasteiger partial charge in [-0.1, -0.05) is 6.07 Å². The number of hydrogen-bond acceptors (Lipinski definition) is 5. The minimum atomic E-state index is -0.936. The van der Waals surface area contributed by atoms with Crippen molar-refractivity contribution in [1.82, 2.24) is 5.32 Å². The van der Waals surface area contributed by atoms with Gasteiger partial charge in [0.05, 0.1) is 4.92 Å². The lowest BCUT2D eigenvalue weighted by molar-refractivity contribution is -0.384. The molecule has 0 aromatic heterocycles. The standard InChI is InChI=1S/C11H13N3O4/c15-11(16)10-7-12-4-5-13(10)8-2-1-3-9(6-8)14(17)18/h1-3,6,10,12H,4-5,7H2,(H,15,16). The third-order valence-corrected chi connectivity index (χ3v) is 2.90. The molecular formula is C11H13N3O4. The van der Waals surface area contributed by atoms with Gasteiger partial charge in [0.1, 0.15) is 6.04 Å². The van der Waals surface area contributed by atoms with Crippen LogP contribution in [0.1, 0.15) is 0 Å². The molecule has 7 heteroatoms. The molecule has 0 aliphatic carbocycles. The first-order chi connectivity index (χ1) is 8.59. The zero-order chi connectivity index (χ0) is 13.1. The Bertz CT molecular complexity index is 477. The Morgan fingerprint density at radius 3 is 3.00 bits per heavy atom. The van der Waals surface area contributed by atoms with Gasteiger partial charge in [0.25, 0.3) is 5.69 Å². The first-order valence-electron chi connectivity index (χ1n) is 5.54. The molecule has 1 aromatic rings. The minimum absolute atomic E-state index is 0.0322.